The first-order valence-electron chi connectivity index (χ1n) is 10.0. The molecule has 0 aliphatic carbocycles. The number of aromatic nitrogens is 1. The van der Waals surface area contributed by atoms with Gasteiger partial charge in [-0.2, -0.15) is 10.5 Å². The summed E-state index contributed by atoms with van der Waals surface area (Å²) in [7, 11) is 0. The summed E-state index contributed by atoms with van der Waals surface area (Å²) in [5.74, 6) is 0.922. The summed E-state index contributed by atoms with van der Waals surface area (Å²) >= 11 is 1.65. The molecular formula is C22H27BrN6S. The van der Waals surface area contributed by atoms with Crippen molar-refractivity contribution >= 4 is 28.0 Å². The maximum atomic E-state index is 4.82. The fraction of sp³-hybridized carbons (Fsp3) is 0.273. The molecule has 1 aromatic heterocycles. The van der Waals surface area contributed by atoms with E-state index >= 15 is 0 Å². The smallest absolute Gasteiger partial charge is 0.319 e. The first kappa shape index (κ1) is 22.6. The molecule has 8 heteroatoms. The lowest BCUT2D eigenvalue weighted by molar-refractivity contribution is -0.00000601. The van der Waals surface area contributed by atoms with Gasteiger partial charge in [0.25, 0.3) is 5.84 Å². The number of nitrogens with one attached hydrogen (secondary N) is 1. The van der Waals surface area contributed by atoms with E-state index in [1.165, 1.54) is 0 Å². The summed E-state index contributed by atoms with van der Waals surface area (Å²) in [6.45, 7) is 8.20. The highest BCUT2D eigenvalue weighted by Crippen LogP contribution is 2.41. The van der Waals surface area contributed by atoms with E-state index in [4.69, 9.17) is 10.1 Å². The minimum Gasteiger partial charge on any atom is -1.00 e. The van der Waals surface area contributed by atoms with Crippen molar-refractivity contribution in [3.63, 3.8) is 0 Å². The Labute approximate surface area is 192 Å². The van der Waals surface area contributed by atoms with Crippen LogP contribution in [0.25, 0.3) is 0 Å². The van der Waals surface area contributed by atoms with Crippen molar-refractivity contribution in [1.29, 1.82) is 0 Å². The lowest BCUT2D eigenvalue weighted by atomic mass is 10.1. The normalized spacial score (nSPS) is 18.7. The molecule has 0 saturated carbocycles. The third kappa shape index (κ3) is 4.06. The number of hydrogen-bond acceptors (Lipinski definition) is 6. The summed E-state index contributed by atoms with van der Waals surface area (Å²) < 4.78 is 0.337. The Morgan fingerprint density at radius 2 is 1.67 bits per heavy atom. The van der Waals surface area contributed by atoms with Crippen molar-refractivity contribution in [2.75, 3.05) is 26.2 Å². The van der Waals surface area contributed by atoms with Gasteiger partial charge in [0.1, 0.15) is 0 Å². The van der Waals surface area contributed by atoms with E-state index < -0.39 is 0 Å². The zero-order valence-electron chi connectivity index (χ0n) is 17.3. The predicted octanol–water partition coefficient (Wildman–Crippen LogP) is 1.22. The second kappa shape index (κ2) is 10.3. The van der Waals surface area contributed by atoms with E-state index in [2.05, 4.69) is 77.9 Å². The summed E-state index contributed by atoms with van der Waals surface area (Å²) in [5.41, 5.74) is 5.50. The quantitative estimate of drug-likeness (QED) is 0.486. The van der Waals surface area contributed by atoms with Crippen LogP contribution in [0, 0.1) is 0 Å². The number of hydrazine groups is 1. The number of hydrazone groups is 1. The van der Waals surface area contributed by atoms with Crippen LogP contribution in [0.4, 0.5) is 10.8 Å². The average molecular weight is 487 g/mol. The Bertz CT molecular complexity index is 931. The zero-order valence-corrected chi connectivity index (χ0v) is 19.7. The number of nitrogens with zero attached hydrogens (tertiary/aromatic N) is 5. The maximum absolute atomic E-state index is 4.82. The van der Waals surface area contributed by atoms with Gasteiger partial charge in [0.15, 0.2) is 5.69 Å². The molecule has 1 atom stereocenters. The Morgan fingerprint density at radius 1 is 1.00 bits per heavy atom. The lowest BCUT2D eigenvalue weighted by Crippen LogP contribution is -3.00. The molecule has 0 saturated heterocycles. The molecule has 4 rings (SSSR count). The summed E-state index contributed by atoms with van der Waals surface area (Å²) in [5, 5.41) is 10.00. The van der Waals surface area contributed by atoms with E-state index in [0.717, 1.165) is 48.4 Å². The number of rotatable bonds is 8. The Morgan fingerprint density at radius 3 is 2.27 bits per heavy atom. The largest absolute Gasteiger partial charge is 1.00 e. The van der Waals surface area contributed by atoms with Crippen molar-refractivity contribution in [3.8, 4) is 0 Å². The van der Waals surface area contributed by atoms with Crippen LogP contribution in [-0.4, -0.2) is 47.0 Å². The molecule has 1 aliphatic rings. The number of para-hydroxylation sites is 1. The van der Waals surface area contributed by atoms with Crippen LogP contribution in [-0.2, 0) is 0 Å². The number of amidine groups is 1. The molecule has 0 radical (unpaired) electrons. The Hall–Kier alpha value is -2.10. The molecular weight excluding hydrogens is 460 g/mol. The van der Waals surface area contributed by atoms with Crippen molar-refractivity contribution in [1.82, 2.24) is 25.1 Å². The van der Waals surface area contributed by atoms with Gasteiger partial charge < -0.3 is 21.9 Å². The van der Waals surface area contributed by atoms with E-state index in [0.29, 0.717) is 4.59 Å². The molecule has 6 nitrogen and oxygen atoms in total. The molecule has 0 fully saturated rings. The maximum Gasteiger partial charge on any atom is 0.319 e. The van der Waals surface area contributed by atoms with Crippen LogP contribution in [0.5, 0.6) is 0 Å². The number of likely N-dealkylation sites (N-methyl/N-ethyl adjacent to an activating group) is 1. The number of thiazole rings is 1. The number of hydrogen-bond donors (Lipinski definition) is 1. The van der Waals surface area contributed by atoms with Crippen molar-refractivity contribution < 1.29 is 17.0 Å². The molecule has 2 heterocycles. The molecule has 30 heavy (non-hydrogen) atoms. The van der Waals surface area contributed by atoms with Crippen LogP contribution < -0.4 is 27.1 Å². The minimum atomic E-state index is 0. The lowest BCUT2D eigenvalue weighted by Gasteiger charge is -2.36. The highest BCUT2D eigenvalue weighted by Gasteiger charge is 2.53. The van der Waals surface area contributed by atoms with Crippen LogP contribution in [0.1, 0.15) is 19.4 Å². The summed E-state index contributed by atoms with van der Waals surface area (Å²) in [6.07, 6.45) is 1.87. The molecule has 1 unspecified atom stereocenters. The molecule has 0 spiro atoms. The molecule has 3 aromatic rings. The fourth-order valence-corrected chi connectivity index (χ4v) is 4.57. The molecule has 1 N–H and O–H groups in total. The Balaban J connectivity index is 0.00000256. The highest BCUT2D eigenvalue weighted by molar-refractivity contribution is 7.13. The molecule has 2 aromatic carbocycles. The van der Waals surface area contributed by atoms with Crippen molar-refractivity contribution in [3.05, 3.63) is 77.8 Å². The van der Waals surface area contributed by atoms with Gasteiger partial charge in [-0.15, -0.1) is 5.10 Å². The first-order valence-corrected chi connectivity index (χ1v) is 10.9. The third-order valence-electron chi connectivity index (χ3n) is 5.32. The van der Waals surface area contributed by atoms with E-state index in [1.54, 1.807) is 11.3 Å². The summed E-state index contributed by atoms with van der Waals surface area (Å²) in [4.78, 5) is 7.18. The van der Waals surface area contributed by atoms with Crippen LogP contribution in [0.3, 0.4) is 0 Å². The van der Waals surface area contributed by atoms with Gasteiger partial charge in [-0.25, -0.2) is 0 Å². The Kier molecular flexibility index (Phi) is 7.74. The van der Waals surface area contributed by atoms with E-state index in [9.17, 15) is 0 Å². The number of benzene rings is 2. The predicted molar refractivity (Wildman–Crippen MR) is 121 cm³/mol. The highest BCUT2D eigenvalue weighted by atomic mass is 79.9. The fourth-order valence-electron chi connectivity index (χ4n) is 3.76. The van der Waals surface area contributed by atoms with Gasteiger partial charge in [0, 0.05) is 30.3 Å². The number of halogens is 1. The standard InChI is InChI=1S/C22H27N6S.BrH/c1-3-26(4-2)16-17-27-25-24-21(19-11-7-5-8-12-19)28(27,22-23-15-18-29-22)20-13-9-6-10-14-20;/h5-15,18,25H,3-4,16-17H2,1-2H3;1H/q+1;/p-1. The topological polar surface area (TPSA) is 43.8 Å². The molecule has 0 bridgehead atoms. The van der Waals surface area contributed by atoms with Gasteiger partial charge in [-0.05, 0) is 30.3 Å². The van der Waals surface area contributed by atoms with Crippen molar-refractivity contribution in [2.24, 2.45) is 5.10 Å². The van der Waals surface area contributed by atoms with Gasteiger partial charge in [-0.1, -0.05) is 66.2 Å². The molecule has 158 valence electrons. The minimum absolute atomic E-state index is 0. The van der Waals surface area contributed by atoms with Crippen LogP contribution >= 0.6 is 11.3 Å². The second-order valence-corrected chi connectivity index (χ2v) is 7.71. The SMILES string of the molecule is CCN(CC)CCN1NN=C(c2ccccc2)[N+]1(c1ccccc1)c1nccs1.[Br-]. The van der Waals surface area contributed by atoms with Crippen molar-refractivity contribution in [2.45, 2.75) is 13.8 Å². The van der Waals surface area contributed by atoms with E-state index in [-0.39, 0.29) is 17.0 Å². The molecule has 0 amide bonds. The van der Waals surface area contributed by atoms with Gasteiger partial charge in [0.2, 0.25) is 0 Å². The number of quaternary nitrogens is 1. The van der Waals surface area contributed by atoms with Gasteiger partial charge in [0.05, 0.1) is 12.1 Å². The van der Waals surface area contributed by atoms with Gasteiger partial charge >= 0.3 is 5.13 Å². The van der Waals surface area contributed by atoms with Crippen LogP contribution in [0.2, 0.25) is 0 Å². The van der Waals surface area contributed by atoms with Gasteiger partial charge in [-0.3, -0.25) is 0 Å². The summed E-state index contributed by atoms with van der Waals surface area (Å²) in [6, 6.07) is 20.9. The van der Waals surface area contributed by atoms with Crippen LogP contribution in [0.15, 0.2) is 77.3 Å². The average Bonchev–Trinajstić information content (AvgIpc) is 3.44. The van der Waals surface area contributed by atoms with E-state index in [1.807, 2.05) is 23.7 Å². The second-order valence-electron chi connectivity index (χ2n) is 6.84. The third-order valence-corrected chi connectivity index (χ3v) is 6.16. The molecule has 1 aliphatic heterocycles. The monoisotopic (exact) mass is 486 g/mol. The first-order chi connectivity index (χ1) is 14.3. The zero-order chi connectivity index (χ0) is 20.1.